The highest BCUT2D eigenvalue weighted by Crippen LogP contribution is 2.66. The molecule has 5 heterocycles. The van der Waals surface area contributed by atoms with E-state index in [1.54, 1.807) is 17.1 Å². The monoisotopic (exact) mass is 1340 g/mol. The lowest BCUT2D eigenvalue weighted by molar-refractivity contribution is -0.121. The number of hydrogen-bond acceptors (Lipinski definition) is 21. The SMILES string of the molecule is CC[N+](CC)=c1ccc2c(/C=C/C=C3\N(CCCS(=O)(=O)O)c4ccc(S(=O)(=O)O)cc4C3(C)CCCC(=O)NCCNC(=O)O[C@H]3[C@@H](O)[C@H](n4cnc5c(=O)[nH]c(N)nc54)O[C@@H]3COP(=O)(O)OP(=O)(O)OP(=O)(O)O)c(C)c(-c3ccccc3)oc-2c1. The van der Waals surface area contributed by atoms with Crippen molar-refractivity contribution in [2.45, 2.75) is 88.2 Å². The number of amides is 2. The number of nitrogens with zero attached hydrogens (tertiary/aromatic N) is 5. The number of imidazole rings is 1. The third-order valence-electron chi connectivity index (χ3n) is 14.6. The van der Waals surface area contributed by atoms with Crippen LogP contribution in [0.5, 0.6) is 0 Å². The number of allylic oxidation sites excluding steroid dienone is 3. The molecule has 37 heteroatoms. The Morgan fingerprint density at radius 1 is 0.944 bits per heavy atom. The number of ether oxygens (including phenoxy) is 2. The van der Waals surface area contributed by atoms with Crippen molar-refractivity contribution in [3.8, 4) is 22.6 Å². The van der Waals surface area contributed by atoms with Crippen LogP contribution in [0.2, 0.25) is 0 Å². The lowest BCUT2D eigenvalue weighted by Crippen LogP contribution is -2.42. The van der Waals surface area contributed by atoms with E-state index in [1.165, 1.54) is 18.2 Å². The van der Waals surface area contributed by atoms with E-state index in [4.69, 9.17) is 33.9 Å². The fourth-order valence-electron chi connectivity index (χ4n) is 10.6. The van der Waals surface area contributed by atoms with Crippen LogP contribution in [0.3, 0.4) is 0 Å². The number of anilines is 2. The van der Waals surface area contributed by atoms with Crippen molar-refractivity contribution in [1.82, 2.24) is 34.7 Å². The Kier molecular flexibility index (Phi) is 20.9. The number of alkyl carbamates (subject to hydrolysis) is 1. The molecule has 2 aromatic heterocycles. The van der Waals surface area contributed by atoms with Crippen molar-refractivity contribution < 1.29 is 101 Å². The van der Waals surface area contributed by atoms with Crippen LogP contribution < -0.4 is 36.8 Å². The molecule has 0 saturated carbocycles. The van der Waals surface area contributed by atoms with E-state index in [2.05, 4.69) is 52.6 Å². The Bertz CT molecular complexity index is 4210. The zero-order valence-electron chi connectivity index (χ0n) is 47.9. The van der Waals surface area contributed by atoms with Crippen molar-refractivity contribution in [2.24, 2.45) is 0 Å². The largest absolute Gasteiger partial charge is 0.490 e. The number of rotatable bonds is 26. The fourth-order valence-corrected chi connectivity index (χ4v) is 14.6. The number of nitrogens with two attached hydrogens (primary N) is 1. The molecule has 32 nitrogen and oxygen atoms in total. The molecular formula is C52H65N9O23P3S2+. The summed E-state index contributed by atoms with van der Waals surface area (Å²) in [4.78, 5) is 88.3. The minimum Gasteiger partial charge on any atom is -0.456 e. The van der Waals surface area contributed by atoms with Gasteiger partial charge in [0.15, 0.2) is 23.5 Å². The summed E-state index contributed by atoms with van der Waals surface area (Å²) < 4.78 is 138. The van der Waals surface area contributed by atoms with Gasteiger partial charge in [-0.1, -0.05) is 42.5 Å². The first-order valence-corrected chi connectivity index (χ1v) is 34.8. The van der Waals surface area contributed by atoms with E-state index in [0.29, 0.717) is 28.5 Å². The molecule has 4 aliphatic rings. The number of aliphatic hydroxyl groups excluding tert-OH is 1. The number of carbonyl (C=O) groups is 2. The van der Waals surface area contributed by atoms with Gasteiger partial charge in [0, 0.05) is 65.6 Å². The van der Waals surface area contributed by atoms with Crippen LogP contribution in [0.15, 0.2) is 105 Å². The summed E-state index contributed by atoms with van der Waals surface area (Å²) in [7, 11) is -26.7. The van der Waals surface area contributed by atoms with Gasteiger partial charge in [-0.15, -0.1) is 0 Å². The Labute approximate surface area is 508 Å². The summed E-state index contributed by atoms with van der Waals surface area (Å²) in [5.74, 6) is -0.259. The lowest BCUT2D eigenvalue weighted by atomic mass is 9.77. The topological polar surface area (TPSA) is 474 Å². The standard InChI is InChI=1S/C52H64N9O23P3S2/c1-5-59(6-2)33-18-20-36-35(31(3)45(80-39(36)27-33)32-13-8-7-9-14-32)15-10-16-41-52(4,37-28-34(89(76,77)78)19-21-38(37)60(41)25-12-26-88(73,74)75)22-11-17-42(62)54-23-24-55-51(65)82-46-40(29-79-86(69,70)84-87(71,72)83-85(66,67)68)81-49(44(46)63)61-30-56-43-47(61)57-50(53)58-48(43)64/h7-10,13-16,18-21,27-28,30,40,44,46,49,63H,5-6,11-12,17,22-26,29H2,1-4H3,(H10-,53,54,55,57,58,62,64,65,66,67,68,69,70,71,72,73,74,75,76,77,78)/p+1/t40-,44-,46-,49-,52?/m1/s1. The van der Waals surface area contributed by atoms with Crippen molar-refractivity contribution in [3.63, 3.8) is 0 Å². The molecular weight excluding hydrogens is 1280 g/mol. The van der Waals surface area contributed by atoms with Crippen LogP contribution in [-0.2, 0) is 66.8 Å². The molecule has 0 radical (unpaired) electrons. The van der Waals surface area contributed by atoms with Crippen LogP contribution in [0.4, 0.5) is 16.4 Å². The second kappa shape index (κ2) is 27.3. The molecule has 89 heavy (non-hydrogen) atoms. The number of carbonyl (C=O) groups excluding carboxylic acids is 2. The number of nitrogens with one attached hydrogen (secondary N) is 3. The number of aromatic nitrogens is 4. The Hall–Kier alpha value is -6.81. The fraction of sp³-hybridized carbons (Fsp3) is 0.385. The van der Waals surface area contributed by atoms with E-state index in [1.807, 2.05) is 68.5 Å². The molecule has 1 aliphatic carbocycles. The maximum Gasteiger partial charge on any atom is 0.490 e. The van der Waals surface area contributed by atoms with Crippen molar-refractivity contribution in [2.75, 3.05) is 55.7 Å². The van der Waals surface area contributed by atoms with E-state index in [-0.39, 0.29) is 62.4 Å². The maximum absolute atomic E-state index is 13.5. The summed E-state index contributed by atoms with van der Waals surface area (Å²) in [5.41, 5.74) is 7.95. The molecule has 4 aromatic rings. The third kappa shape index (κ3) is 16.6. The smallest absolute Gasteiger partial charge is 0.456 e. The quantitative estimate of drug-likeness (QED) is 0.0158. The molecule has 1 fully saturated rings. The van der Waals surface area contributed by atoms with Crippen LogP contribution >= 0.6 is 23.5 Å². The normalized spacial score (nSPS) is 20.7. The molecule has 2 aromatic carbocycles. The predicted octanol–water partition coefficient (Wildman–Crippen LogP) is 4.07. The number of fused-ring (bicyclic) bond motifs is 3. The lowest BCUT2D eigenvalue weighted by Gasteiger charge is -2.30. The number of nitrogen functional groups attached to an aromatic ring is 1. The second-order valence-electron chi connectivity index (χ2n) is 20.6. The minimum absolute atomic E-state index is 0.0226. The number of hydrogen-bond donors (Lipinski definition) is 11. The van der Waals surface area contributed by atoms with Crippen molar-refractivity contribution in [3.05, 3.63) is 123 Å². The third-order valence-corrected chi connectivity index (χ3v) is 20.0. The van der Waals surface area contributed by atoms with Crippen molar-refractivity contribution in [1.29, 1.82) is 0 Å². The number of aromatic amines is 1. The molecule has 12 N–H and O–H groups in total. The highest BCUT2D eigenvalue weighted by Gasteiger charge is 2.50. The highest BCUT2D eigenvalue weighted by atomic mass is 32.2. The number of H-pyrrole nitrogens is 1. The molecule has 0 bridgehead atoms. The van der Waals surface area contributed by atoms with Crippen LogP contribution in [-0.4, -0.2) is 146 Å². The summed E-state index contributed by atoms with van der Waals surface area (Å²) >= 11 is 0. The molecule has 3 unspecified atom stereocenters. The Morgan fingerprint density at radius 3 is 2.33 bits per heavy atom. The molecule has 7 atom stereocenters. The zero-order chi connectivity index (χ0) is 65.0. The Balaban J connectivity index is 0.996. The van der Waals surface area contributed by atoms with Gasteiger partial charge in [0.05, 0.1) is 29.6 Å². The second-order valence-corrected chi connectivity index (χ2v) is 28.0. The van der Waals surface area contributed by atoms with Gasteiger partial charge in [-0.25, -0.2) is 28.0 Å². The first-order chi connectivity index (χ1) is 41.7. The molecule has 482 valence electrons. The highest BCUT2D eigenvalue weighted by molar-refractivity contribution is 7.86. The van der Waals surface area contributed by atoms with Gasteiger partial charge < -0.3 is 59.8 Å². The van der Waals surface area contributed by atoms with E-state index < -0.39 is 108 Å². The molecule has 0 spiro atoms. The van der Waals surface area contributed by atoms with Gasteiger partial charge in [0.1, 0.15) is 36.8 Å². The molecule has 1 saturated heterocycles. The van der Waals surface area contributed by atoms with E-state index in [0.717, 1.165) is 51.6 Å². The van der Waals surface area contributed by atoms with Gasteiger partial charge in [-0.2, -0.15) is 30.4 Å². The number of benzene rings is 3. The summed E-state index contributed by atoms with van der Waals surface area (Å²) in [6, 6.07) is 19.6. The van der Waals surface area contributed by atoms with E-state index >= 15 is 0 Å². The summed E-state index contributed by atoms with van der Waals surface area (Å²) in [6.45, 7) is 7.64. The van der Waals surface area contributed by atoms with Crippen LogP contribution in [0.1, 0.15) is 69.4 Å². The first kappa shape index (κ1) is 68.1. The molecule has 8 rings (SSSR count). The van der Waals surface area contributed by atoms with Gasteiger partial charge >= 0.3 is 29.6 Å². The van der Waals surface area contributed by atoms with Crippen LogP contribution in [0.25, 0.3) is 39.9 Å². The number of phosphoric acid groups is 3. The van der Waals surface area contributed by atoms with Gasteiger partial charge in [-0.3, -0.25) is 32.8 Å². The summed E-state index contributed by atoms with van der Waals surface area (Å²) in [5, 5.41) is 17.4. The van der Waals surface area contributed by atoms with Gasteiger partial charge in [0.25, 0.3) is 25.8 Å². The van der Waals surface area contributed by atoms with Crippen molar-refractivity contribution >= 4 is 84.6 Å². The zero-order valence-corrected chi connectivity index (χ0v) is 52.2. The minimum atomic E-state index is -5.98. The summed E-state index contributed by atoms with van der Waals surface area (Å²) in [6.07, 6.45) is -1.94. The van der Waals surface area contributed by atoms with Crippen LogP contribution in [0, 0.1) is 6.92 Å². The first-order valence-electron chi connectivity index (χ1n) is 27.2. The molecule has 2 amide bonds. The predicted molar refractivity (Wildman–Crippen MR) is 318 cm³/mol. The number of aliphatic hydroxyl groups is 1. The van der Waals surface area contributed by atoms with E-state index in [9.17, 15) is 68.9 Å². The number of phosphoric ester groups is 1. The molecule has 3 aliphatic heterocycles. The average molecular weight is 1340 g/mol. The average Bonchev–Trinajstić information content (AvgIpc) is 1.72. The maximum atomic E-state index is 13.5. The van der Waals surface area contributed by atoms with Gasteiger partial charge in [-0.05, 0) is 88.4 Å². The van der Waals surface area contributed by atoms with Gasteiger partial charge in [0.2, 0.25) is 17.2 Å². The Morgan fingerprint density at radius 2 is 1.65 bits per heavy atom.